The predicted molar refractivity (Wildman–Crippen MR) is 67.8 cm³/mol. The van der Waals surface area contributed by atoms with Crippen LogP contribution in [0.4, 0.5) is 5.13 Å². The summed E-state index contributed by atoms with van der Waals surface area (Å²) in [6.07, 6.45) is 2.47. The van der Waals surface area contributed by atoms with Gasteiger partial charge in [-0.3, -0.25) is 0 Å². The van der Waals surface area contributed by atoms with Crippen molar-refractivity contribution in [1.29, 1.82) is 0 Å². The van der Waals surface area contributed by atoms with E-state index in [4.69, 9.17) is 4.74 Å². The molecule has 0 saturated carbocycles. The summed E-state index contributed by atoms with van der Waals surface area (Å²) in [6.45, 7) is 2.18. The molecule has 1 N–H and O–H groups in total. The van der Waals surface area contributed by atoms with Gasteiger partial charge in [-0.25, -0.2) is 0 Å². The molecule has 1 saturated heterocycles. The minimum absolute atomic E-state index is 0.565. The van der Waals surface area contributed by atoms with Crippen LogP contribution >= 0.6 is 11.3 Å². The number of aromatic nitrogens is 1. The number of anilines is 1. The molecule has 1 unspecified atom stereocenters. The Morgan fingerprint density at radius 3 is 2.88 bits per heavy atom. The minimum atomic E-state index is 0.565. The number of hydrogen-bond acceptors (Lipinski definition) is 5. The van der Waals surface area contributed by atoms with E-state index in [1.54, 1.807) is 18.4 Å². The van der Waals surface area contributed by atoms with E-state index in [1.165, 1.54) is 17.7 Å². The maximum absolute atomic E-state index is 5.37. The van der Waals surface area contributed by atoms with Crippen LogP contribution in [0.25, 0.3) is 0 Å². The molecule has 4 nitrogen and oxygen atoms in total. The maximum atomic E-state index is 5.37. The summed E-state index contributed by atoms with van der Waals surface area (Å²) in [5.74, 6) is 1.37. The third-order valence-corrected chi connectivity index (χ3v) is 4.22. The monoisotopic (exact) mass is 241 g/mol. The molecule has 2 heterocycles. The molecule has 1 atom stereocenters. The zero-order chi connectivity index (χ0) is 11.5. The van der Waals surface area contributed by atoms with E-state index in [1.807, 2.05) is 19.0 Å². The van der Waals surface area contributed by atoms with E-state index < -0.39 is 0 Å². The summed E-state index contributed by atoms with van der Waals surface area (Å²) in [6, 6.07) is 0. The number of nitrogens with zero attached hydrogens (tertiary/aromatic N) is 2. The Kier molecular flexibility index (Phi) is 3.66. The highest BCUT2D eigenvalue weighted by atomic mass is 32.1. The van der Waals surface area contributed by atoms with Gasteiger partial charge in [0.15, 0.2) is 5.13 Å². The van der Waals surface area contributed by atoms with Crippen LogP contribution in [0.5, 0.6) is 5.88 Å². The summed E-state index contributed by atoms with van der Waals surface area (Å²) in [5.41, 5.74) is 0. The molecule has 5 heteroatoms. The highest BCUT2D eigenvalue weighted by Gasteiger charge is 2.23. The smallest absolute Gasteiger partial charge is 0.229 e. The first-order chi connectivity index (χ1) is 7.72. The average Bonchev–Trinajstić information content (AvgIpc) is 2.74. The Hall–Kier alpha value is -0.810. The highest BCUT2D eigenvalue weighted by Crippen LogP contribution is 2.38. The van der Waals surface area contributed by atoms with E-state index in [-0.39, 0.29) is 0 Å². The Balaban J connectivity index is 2.23. The third kappa shape index (κ3) is 2.30. The summed E-state index contributed by atoms with van der Waals surface area (Å²) in [5, 5.41) is 4.46. The van der Waals surface area contributed by atoms with Crippen LogP contribution in [-0.2, 0) is 0 Å². The van der Waals surface area contributed by atoms with Gasteiger partial charge < -0.3 is 15.0 Å². The number of hydrogen-bond donors (Lipinski definition) is 1. The van der Waals surface area contributed by atoms with Crippen molar-refractivity contribution in [3.63, 3.8) is 0 Å². The molecule has 0 amide bonds. The van der Waals surface area contributed by atoms with Crippen LogP contribution in [0.1, 0.15) is 23.6 Å². The van der Waals surface area contributed by atoms with Crippen molar-refractivity contribution >= 4 is 16.5 Å². The van der Waals surface area contributed by atoms with Gasteiger partial charge in [0.05, 0.1) is 12.0 Å². The van der Waals surface area contributed by atoms with Crippen molar-refractivity contribution in [2.75, 3.05) is 39.2 Å². The van der Waals surface area contributed by atoms with Gasteiger partial charge in [0.2, 0.25) is 5.88 Å². The van der Waals surface area contributed by atoms with Gasteiger partial charge in [-0.05, 0) is 19.4 Å². The van der Waals surface area contributed by atoms with Crippen LogP contribution < -0.4 is 15.0 Å². The first-order valence-corrected chi connectivity index (χ1v) is 6.46. The summed E-state index contributed by atoms with van der Waals surface area (Å²) < 4.78 is 5.37. The molecule has 1 fully saturated rings. The molecule has 0 aromatic carbocycles. The van der Waals surface area contributed by atoms with E-state index in [0.717, 1.165) is 24.1 Å². The Morgan fingerprint density at radius 1 is 1.50 bits per heavy atom. The van der Waals surface area contributed by atoms with Crippen LogP contribution in [0.15, 0.2) is 0 Å². The first-order valence-electron chi connectivity index (χ1n) is 5.65. The quantitative estimate of drug-likeness (QED) is 0.874. The van der Waals surface area contributed by atoms with Gasteiger partial charge >= 0.3 is 0 Å². The van der Waals surface area contributed by atoms with E-state index in [9.17, 15) is 0 Å². The number of nitrogens with one attached hydrogen (secondary N) is 1. The van der Waals surface area contributed by atoms with Crippen LogP contribution in [0, 0.1) is 0 Å². The van der Waals surface area contributed by atoms with Gasteiger partial charge in [0.1, 0.15) is 0 Å². The second-order valence-corrected chi connectivity index (χ2v) is 5.32. The molecule has 16 heavy (non-hydrogen) atoms. The van der Waals surface area contributed by atoms with Crippen molar-refractivity contribution in [2.24, 2.45) is 0 Å². The lowest BCUT2D eigenvalue weighted by atomic mass is 9.98. The van der Waals surface area contributed by atoms with Gasteiger partial charge in [-0.15, -0.1) is 0 Å². The van der Waals surface area contributed by atoms with Gasteiger partial charge in [-0.1, -0.05) is 11.3 Å². The lowest BCUT2D eigenvalue weighted by Gasteiger charge is -2.21. The fraction of sp³-hybridized carbons (Fsp3) is 0.727. The molecule has 0 radical (unpaired) electrons. The van der Waals surface area contributed by atoms with Gasteiger partial charge in [0, 0.05) is 26.6 Å². The van der Waals surface area contributed by atoms with Crippen LogP contribution in [0.3, 0.4) is 0 Å². The molecule has 1 aliphatic heterocycles. The van der Waals surface area contributed by atoms with E-state index in [0.29, 0.717) is 5.92 Å². The van der Waals surface area contributed by atoms with E-state index >= 15 is 0 Å². The van der Waals surface area contributed by atoms with Crippen LogP contribution in [0.2, 0.25) is 0 Å². The number of piperidine rings is 1. The second-order valence-electron chi connectivity index (χ2n) is 4.31. The number of rotatable bonds is 3. The molecular formula is C11H19N3OS. The number of methoxy groups -OCH3 is 1. The Bertz CT molecular complexity index is 345. The molecule has 1 aromatic rings. The SMILES string of the molecule is COc1nc(N(C)C)sc1C1CCCNC1. The van der Waals surface area contributed by atoms with Gasteiger partial charge in [0.25, 0.3) is 0 Å². The summed E-state index contributed by atoms with van der Waals surface area (Å²) in [4.78, 5) is 7.82. The summed E-state index contributed by atoms with van der Waals surface area (Å²) >= 11 is 1.75. The molecule has 2 rings (SSSR count). The zero-order valence-corrected chi connectivity index (χ0v) is 10.9. The van der Waals surface area contributed by atoms with Crippen molar-refractivity contribution in [2.45, 2.75) is 18.8 Å². The minimum Gasteiger partial charge on any atom is -0.480 e. The molecule has 0 spiro atoms. The zero-order valence-electron chi connectivity index (χ0n) is 10.1. The van der Waals surface area contributed by atoms with E-state index in [2.05, 4.69) is 10.3 Å². The maximum Gasteiger partial charge on any atom is 0.229 e. The Morgan fingerprint density at radius 2 is 2.31 bits per heavy atom. The van der Waals surface area contributed by atoms with Gasteiger partial charge in [-0.2, -0.15) is 4.98 Å². The number of thiazole rings is 1. The third-order valence-electron chi connectivity index (χ3n) is 2.85. The lowest BCUT2D eigenvalue weighted by Crippen LogP contribution is -2.28. The molecule has 1 aromatic heterocycles. The molecular weight excluding hydrogens is 222 g/mol. The fourth-order valence-electron chi connectivity index (χ4n) is 1.98. The molecule has 0 aliphatic carbocycles. The highest BCUT2D eigenvalue weighted by molar-refractivity contribution is 7.16. The first kappa shape index (κ1) is 11.7. The normalized spacial score (nSPS) is 20.8. The van der Waals surface area contributed by atoms with Crippen molar-refractivity contribution in [1.82, 2.24) is 10.3 Å². The lowest BCUT2D eigenvalue weighted by molar-refractivity contribution is 0.383. The predicted octanol–water partition coefficient (Wildman–Crippen LogP) is 1.68. The summed E-state index contributed by atoms with van der Waals surface area (Å²) in [7, 11) is 5.73. The van der Waals surface area contributed by atoms with Crippen LogP contribution in [-0.4, -0.2) is 39.3 Å². The molecule has 0 bridgehead atoms. The second kappa shape index (κ2) is 5.01. The fourth-order valence-corrected chi connectivity index (χ4v) is 3.07. The molecule has 90 valence electrons. The van der Waals surface area contributed by atoms with Crippen molar-refractivity contribution in [3.8, 4) is 5.88 Å². The van der Waals surface area contributed by atoms with Crippen molar-refractivity contribution < 1.29 is 4.74 Å². The number of ether oxygens (including phenoxy) is 1. The topological polar surface area (TPSA) is 37.4 Å². The van der Waals surface area contributed by atoms with Crippen molar-refractivity contribution in [3.05, 3.63) is 4.88 Å². The Labute approximate surface area is 101 Å². The molecule has 1 aliphatic rings. The average molecular weight is 241 g/mol. The standard InChI is InChI=1S/C11H19N3OS/c1-14(2)11-13-10(15-3)9(16-11)8-5-4-6-12-7-8/h8,12H,4-7H2,1-3H3. The largest absolute Gasteiger partial charge is 0.480 e.